The van der Waals surface area contributed by atoms with Crippen LogP contribution < -0.4 is 15.5 Å². The molecule has 7 heteroatoms. The van der Waals surface area contributed by atoms with E-state index in [9.17, 15) is 9.90 Å². The van der Waals surface area contributed by atoms with Gasteiger partial charge in [-0.25, -0.2) is 0 Å². The van der Waals surface area contributed by atoms with Gasteiger partial charge in [-0.1, -0.05) is 6.07 Å². The fourth-order valence-corrected chi connectivity index (χ4v) is 4.31. The van der Waals surface area contributed by atoms with Crippen molar-refractivity contribution in [3.05, 3.63) is 42.0 Å². The van der Waals surface area contributed by atoms with E-state index in [1.165, 1.54) is 18.9 Å². The zero-order chi connectivity index (χ0) is 20.4. The van der Waals surface area contributed by atoms with Crippen LogP contribution >= 0.6 is 0 Å². The molecule has 4 rings (SSSR count). The summed E-state index contributed by atoms with van der Waals surface area (Å²) < 4.78 is 0. The molecule has 1 amide bonds. The number of fused-ring (bicyclic) bond motifs is 2. The molecule has 7 nitrogen and oxygen atoms in total. The van der Waals surface area contributed by atoms with Gasteiger partial charge in [-0.05, 0) is 61.6 Å². The third-order valence-electron chi connectivity index (χ3n) is 5.98. The van der Waals surface area contributed by atoms with Crippen molar-refractivity contribution in [3.63, 3.8) is 0 Å². The first-order chi connectivity index (χ1) is 14.0. The molecule has 0 unspecified atom stereocenters. The number of nitrogens with one attached hydrogen (secondary N) is 2. The molecule has 0 radical (unpaired) electrons. The number of carbonyl (C=O) groups excluding carboxylic acids is 1. The summed E-state index contributed by atoms with van der Waals surface area (Å²) in [6.07, 6.45) is 7.90. The SMILES string of the molecule is CNC(=O)/C=C/c1ccc(-c2ccc(N(C)[C@H]3C[C@H]4CC[C@@H](C3)N4)nn2)c(O)c1. The highest BCUT2D eigenvalue weighted by Gasteiger charge is 2.35. The van der Waals surface area contributed by atoms with E-state index in [0.29, 0.717) is 29.4 Å². The molecule has 0 spiro atoms. The molecule has 1 aromatic heterocycles. The number of carbonyl (C=O) groups is 1. The molecule has 152 valence electrons. The minimum absolute atomic E-state index is 0.106. The largest absolute Gasteiger partial charge is 0.507 e. The number of benzene rings is 1. The van der Waals surface area contributed by atoms with Crippen molar-refractivity contribution in [1.29, 1.82) is 0 Å². The summed E-state index contributed by atoms with van der Waals surface area (Å²) in [5, 5.41) is 25.3. The van der Waals surface area contributed by atoms with Crippen LogP contribution in [0.4, 0.5) is 5.82 Å². The van der Waals surface area contributed by atoms with Gasteiger partial charge in [0.1, 0.15) is 5.75 Å². The Hall–Kier alpha value is -2.93. The minimum atomic E-state index is -0.194. The summed E-state index contributed by atoms with van der Waals surface area (Å²) in [5.41, 5.74) is 1.97. The average molecular weight is 393 g/mol. The Morgan fingerprint density at radius 1 is 1.21 bits per heavy atom. The Labute approximate surface area is 170 Å². The number of rotatable bonds is 5. The first-order valence-electron chi connectivity index (χ1n) is 10.1. The molecule has 2 bridgehead atoms. The highest BCUT2D eigenvalue weighted by Crippen LogP contribution is 2.32. The Morgan fingerprint density at radius 3 is 2.59 bits per heavy atom. The van der Waals surface area contributed by atoms with Crippen molar-refractivity contribution >= 4 is 17.8 Å². The topological polar surface area (TPSA) is 90.4 Å². The lowest BCUT2D eigenvalue weighted by Gasteiger charge is -2.36. The Morgan fingerprint density at radius 2 is 1.97 bits per heavy atom. The molecule has 29 heavy (non-hydrogen) atoms. The summed E-state index contributed by atoms with van der Waals surface area (Å²) >= 11 is 0. The van der Waals surface area contributed by atoms with E-state index in [-0.39, 0.29) is 11.7 Å². The molecule has 0 saturated carbocycles. The van der Waals surface area contributed by atoms with Gasteiger partial charge in [-0.2, -0.15) is 0 Å². The lowest BCUT2D eigenvalue weighted by molar-refractivity contribution is -0.115. The van der Waals surface area contributed by atoms with Crippen LogP contribution in [0.15, 0.2) is 36.4 Å². The van der Waals surface area contributed by atoms with Crippen LogP contribution in [0.3, 0.4) is 0 Å². The van der Waals surface area contributed by atoms with Gasteiger partial charge in [0.2, 0.25) is 5.91 Å². The van der Waals surface area contributed by atoms with E-state index >= 15 is 0 Å². The third kappa shape index (κ3) is 4.24. The number of anilines is 1. The quantitative estimate of drug-likeness (QED) is 0.676. The number of likely N-dealkylation sites (N-methyl/N-ethyl adjacent to an activating group) is 1. The number of hydrogen-bond acceptors (Lipinski definition) is 6. The molecule has 2 aromatic rings. The first-order valence-corrected chi connectivity index (χ1v) is 10.1. The second kappa shape index (κ2) is 8.21. The predicted octanol–water partition coefficient (Wildman–Crippen LogP) is 2.33. The highest BCUT2D eigenvalue weighted by atomic mass is 16.3. The average Bonchev–Trinajstić information content (AvgIpc) is 3.09. The lowest BCUT2D eigenvalue weighted by Crippen LogP contribution is -2.47. The van der Waals surface area contributed by atoms with Gasteiger partial charge < -0.3 is 20.6 Å². The van der Waals surface area contributed by atoms with Crippen LogP contribution in [0, 0.1) is 0 Å². The first kappa shape index (κ1) is 19.4. The van der Waals surface area contributed by atoms with Crippen LogP contribution in [0.5, 0.6) is 5.75 Å². The summed E-state index contributed by atoms with van der Waals surface area (Å²) in [7, 11) is 3.66. The zero-order valence-electron chi connectivity index (χ0n) is 16.8. The summed E-state index contributed by atoms with van der Waals surface area (Å²) in [4.78, 5) is 13.5. The second-order valence-electron chi connectivity index (χ2n) is 7.87. The van der Waals surface area contributed by atoms with Gasteiger partial charge >= 0.3 is 0 Å². The van der Waals surface area contributed by atoms with Crippen molar-refractivity contribution in [1.82, 2.24) is 20.8 Å². The van der Waals surface area contributed by atoms with Gasteiger partial charge in [0.25, 0.3) is 0 Å². The van der Waals surface area contributed by atoms with E-state index in [2.05, 4.69) is 32.8 Å². The maximum absolute atomic E-state index is 11.3. The highest BCUT2D eigenvalue weighted by molar-refractivity contribution is 5.91. The van der Waals surface area contributed by atoms with Gasteiger partial charge in [-0.15, -0.1) is 10.2 Å². The number of aromatic nitrogens is 2. The Bertz CT molecular complexity index is 900. The lowest BCUT2D eigenvalue weighted by atomic mass is 9.98. The van der Waals surface area contributed by atoms with Gasteiger partial charge in [0.05, 0.1) is 5.69 Å². The van der Waals surface area contributed by atoms with Gasteiger partial charge in [0, 0.05) is 43.9 Å². The molecule has 1 aromatic carbocycles. The van der Waals surface area contributed by atoms with E-state index < -0.39 is 0 Å². The number of piperidine rings is 1. The zero-order valence-corrected chi connectivity index (χ0v) is 16.8. The van der Waals surface area contributed by atoms with Crippen LogP contribution in [-0.4, -0.2) is 53.4 Å². The summed E-state index contributed by atoms with van der Waals surface area (Å²) in [6, 6.07) is 10.8. The molecule has 0 aliphatic carbocycles. The van der Waals surface area contributed by atoms with Crippen LogP contribution in [-0.2, 0) is 4.79 Å². The second-order valence-corrected chi connectivity index (χ2v) is 7.87. The van der Waals surface area contributed by atoms with Crippen LogP contribution in [0.25, 0.3) is 17.3 Å². The van der Waals surface area contributed by atoms with E-state index in [0.717, 1.165) is 24.2 Å². The fraction of sp³-hybridized carbons (Fsp3) is 0.409. The molecule has 3 N–H and O–H groups in total. The van der Waals surface area contributed by atoms with Crippen molar-refractivity contribution < 1.29 is 9.90 Å². The summed E-state index contributed by atoms with van der Waals surface area (Å²) in [6.45, 7) is 0. The molecular formula is C22H27N5O2. The number of amides is 1. The van der Waals surface area contributed by atoms with E-state index in [1.807, 2.05) is 18.2 Å². The fourth-order valence-electron chi connectivity index (χ4n) is 4.31. The van der Waals surface area contributed by atoms with Gasteiger partial charge in [0.15, 0.2) is 5.82 Å². The van der Waals surface area contributed by atoms with Crippen LogP contribution in [0.1, 0.15) is 31.2 Å². The number of phenolic OH excluding ortho intramolecular Hbond substituents is 1. The standard InChI is InChI=1S/C22H27N5O2/c1-23-22(29)10-4-14-3-7-18(20(28)11-14)19-8-9-21(26-25-19)27(2)17-12-15-5-6-16(13-17)24-15/h3-4,7-11,15-17,24,28H,5-6,12-13H2,1-2H3,(H,23,29)/b10-4+/t15-,16+,17+. The van der Waals surface area contributed by atoms with E-state index in [4.69, 9.17) is 0 Å². The van der Waals surface area contributed by atoms with E-state index in [1.54, 1.807) is 25.3 Å². The van der Waals surface area contributed by atoms with Crippen molar-refractivity contribution in [3.8, 4) is 17.0 Å². The monoisotopic (exact) mass is 393 g/mol. The van der Waals surface area contributed by atoms with Crippen molar-refractivity contribution in [2.45, 2.75) is 43.8 Å². The molecule has 2 aliphatic rings. The number of hydrogen-bond donors (Lipinski definition) is 3. The molecule has 2 fully saturated rings. The third-order valence-corrected chi connectivity index (χ3v) is 5.98. The number of phenols is 1. The number of nitrogens with zero attached hydrogens (tertiary/aromatic N) is 3. The minimum Gasteiger partial charge on any atom is -0.507 e. The number of aromatic hydroxyl groups is 1. The Balaban J connectivity index is 1.47. The molecule has 2 aliphatic heterocycles. The maximum atomic E-state index is 11.3. The molecule has 2 saturated heterocycles. The molecule has 3 atom stereocenters. The predicted molar refractivity (Wildman–Crippen MR) is 114 cm³/mol. The van der Waals surface area contributed by atoms with Crippen molar-refractivity contribution in [2.75, 3.05) is 19.0 Å². The summed E-state index contributed by atoms with van der Waals surface area (Å²) in [5.74, 6) is 0.764. The Kier molecular flexibility index (Phi) is 5.49. The molecule has 3 heterocycles. The van der Waals surface area contributed by atoms with Crippen LogP contribution in [0.2, 0.25) is 0 Å². The normalized spacial score (nSPS) is 23.3. The van der Waals surface area contributed by atoms with Crippen molar-refractivity contribution in [2.24, 2.45) is 0 Å². The molecular weight excluding hydrogens is 366 g/mol. The smallest absolute Gasteiger partial charge is 0.243 e. The van der Waals surface area contributed by atoms with Gasteiger partial charge in [-0.3, -0.25) is 4.79 Å². The maximum Gasteiger partial charge on any atom is 0.243 e.